The molecule has 0 radical (unpaired) electrons. The predicted octanol–water partition coefficient (Wildman–Crippen LogP) is 14.8. The van der Waals surface area contributed by atoms with Gasteiger partial charge in [-0.25, -0.2) is 0 Å². The molecule has 0 fully saturated rings. The number of anilines is 6. The fourth-order valence-electron chi connectivity index (χ4n) is 8.70. The van der Waals surface area contributed by atoms with Gasteiger partial charge in [0, 0.05) is 67.0 Å². The highest BCUT2D eigenvalue weighted by Crippen LogP contribution is 2.44. The van der Waals surface area contributed by atoms with Crippen molar-refractivity contribution >= 4 is 77.7 Å². The van der Waals surface area contributed by atoms with Gasteiger partial charge >= 0.3 is 0 Å². The molecule has 0 unspecified atom stereocenters. The monoisotopic (exact) mass is 742 g/mol. The van der Waals surface area contributed by atoms with Crippen molar-refractivity contribution < 1.29 is 0 Å². The van der Waals surface area contributed by atoms with Crippen LogP contribution in [0.5, 0.6) is 0 Å². The number of hydrogen-bond acceptors (Lipinski definition) is 2. The number of aromatic nitrogens is 2. The average Bonchev–Trinajstić information content (AvgIpc) is 3.79. The number of nitrogens with zero attached hydrogens (tertiary/aromatic N) is 4. The molecule has 0 aliphatic heterocycles. The van der Waals surface area contributed by atoms with E-state index in [0.717, 1.165) is 67.6 Å². The van der Waals surface area contributed by atoms with Crippen molar-refractivity contribution in [2.45, 2.75) is 0 Å². The molecule has 0 amide bonds. The van der Waals surface area contributed by atoms with Gasteiger partial charge < -0.3 is 18.9 Å². The molecule has 274 valence electrons. The smallest absolute Gasteiger partial charge is 0.0562 e. The van der Waals surface area contributed by atoms with Crippen molar-refractivity contribution in [2.75, 3.05) is 9.80 Å². The van der Waals surface area contributed by atoms with Crippen LogP contribution in [0, 0.1) is 0 Å². The molecule has 9 aromatic carbocycles. The summed E-state index contributed by atoms with van der Waals surface area (Å²) in [5.74, 6) is 0. The van der Waals surface area contributed by atoms with E-state index in [1.807, 2.05) is 0 Å². The highest BCUT2D eigenvalue weighted by molar-refractivity contribution is 6.20. The lowest BCUT2D eigenvalue weighted by Crippen LogP contribution is -2.09. The molecule has 2 heterocycles. The van der Waals surface area contributed by atoms with E-state index in [4.69, 9.17) is 0 Å². The van der Waals surface area contributed by atoms with E-state index in [2.05, 4.69) is 249 Å². The molecule has 0 saturated carbocycles. The number of para-hydroxylation sites is 6. The number of benzene rings is 9. The first kappa shape index (κ1) is 33.5. The second kappa shape index (κ2) is 14.0. The maximum absolute atomic E-state index is 2.44. The van der Waals surface area contributed by atoms with Crippen molar-refractivity contribution in [3.05, 3.63) is 231 Å². The number of fused-ring (bicyclic) bond motifs is 6. The van der Waals surface area contributed by atoms with Crippen molar-refractivity contribution in [2.24, 2.45) is 0 Å². The molecule has 11 aromatic rings. The van der Waals surface area contributed by atoms with E-state index in [1.54, 1.807) is 0 Å². The van der Waals surface area contributed by atoms with E-state index in [9.17, 15) is 0 Å². The minimum absolute atomic E-state index is 1.10. The molecule has 0 N–H and O–H groups in total. The number of hydrogen-bond donors (Lipinski definition) is 0. The third kappa shape index (κ3) is 5.62. The topological polar surface area (TPSA) is 16.3 Å². The molecular formula is C54H38N4. The lowest BCUT2D eigenvalue weighted by molar-refractivity contribution is 1.16. The zero-order valence-corrected chi connectivity index (χ0v) is 31.7. The van der Waals surface area contributed by atoms with Crippen LogP contribution in [0.1, 0.15) is 0 Å². The molecule has 4 heteroatoms. The molecule has 0 bridgehead atoms. The Labute approximate surface area is 337 Å². The highest BCUT2D eigenvalue weighted by atomic mass is 15.2. The van der Waals surface area contributed by atoms with Crippen molar-refractivity contribution in [1.29, 1.82) is 0 Å². The molecule has 2 aromatic heterocycles. The summed E-state index contributed by atoms with van der Waals surface area (Å²) in [4.78, 5) is 4.68. The molecule has 11 rings (SSSR count). The molecule has 0 atom stereocenters. The Balaban J connectivity index is 1.19. The Kier molecular flexibility index (Phi) is 8.11. The quantitative estimate of drug-likeness (QED) is 0.154. The summed E-state index contributed by atoms with van der Waals surface area (Å²) in [7, 11) is 0. The third-order valence-electron chi connectivity index (χ3n) is 11.2. The van der Waals surface area contributed by atoms with Crippen LogP contribution in [0.2, 0.25) is 0 Å². The van der Waals surface area contributed by atoms with Gasteiger partial charge in [-0.3, -0.25) is 0 Å². The van der Waals surface area contributed by atoms with E-state index in [1.165, 1.54) is 21.5 Å². The predicted molar refractivity (Wildman–Crippen MR) is 244 cm³/mol. The standard InChI is InChI=1S/C54H38N4/c1-7-19-39(20-8-1)55(40-21-9-2-10-22-40)45-31-33-47-49-37-50-48-34-32-46(56(41-23-11-3-12-24-41)42-25-13-4-14-26-42)36-52(48)58(44-29-17-6-18-30-44)54(50)38-53(49)57(51(47)35-45)43-27-15-5-16-28-43/h1-38H. The van der Waals surface area contributed by atoms with Gasteiger partial charge in [-0.2, -0.15) is 0 Å². The largest absolute Gasteiger partial charge is 0.310 e. The number of rotatable bonds is 8. The van der Waals surface area contributed by atoms with Crippen molar-refractivity contribution in [1.82, 2.24) is 9.13 Å². The Morgan fingerprint density at radius 3 is 0.845 bits per heavy atom. The third-order valence-corrected chi connectivity index (χ3v) is 11.2. The molecule has 4 nitrogen and oxygen atoms in total. The van der Waals surface area contributed by atoms with Crippen LogP contribution in [-0.2, 0) is 0 Å². The van der Waals surface area contributed by atoms with Gasteiger partial charge in [0.1, 0.15) is 0 Å². The van der Waals surface area contributed by atoms with Crippen LogP contribution in [0.3, 0.4) is 0 Å². The first-order chi connectivity index (χ1) is 28.8. The Bertz CT molecular complexity index is 2900. The van der Waals surface area contributed by atoms with Crippen LogP contribution >= 0.6 is 0 Å². The summed E-state index contributed by atoms with van der Waals surface area (Å²) in [5.41, 5.74) is 13.5. The fraction of sp³-hybridized carbons (Fsp3) is 0. The molecular weight excluding hydrogens is 705 g/mol. The first-order valence-electron chi connectivity index (χ1n) is 19.8. The minimum Gasteiger partial charge on any atom is -0.310 e. The summed E-state index contributed by atoms with van der Waals surface area (Å²) in [6, 6.07) is 82.7. The summed E-state index contributed by atoms with van der Waals surface area (Å²) < 4.78 is 4.87. The normalized spacial score (nSPS) is 11.4. The summed E-state index contributed by atoms with van der Waals surface area (Å²) in [6.07, 6.45) is 0. The Hall–Kier alpha value is -7.82. The van der Waals surface area contributed by atoms with Crippen LogP contribution in [-0.4, -0.2) is 9.13 Å². The van der Waals surface area contributed by atoms with Gasteiger partial charge in [-0.05, 0) is 109 Å². The lowest BCUT2D eigenvalue weighted by atomic mass is 10.1. The molecule has 58 heavy (non-hydrogen) atoms. The second-order valence-electron chi connectivity index (χ2n) is 14.6. The van der Waals surface area contributed by atoms with Crippen molar-refractivity contribution in [3.8, 4) is 11.4 Å². The van der Waals surface area contributed by atoms with Gasteiger partial charge in [-0.15, -0.1) is 0 Å². The van der Waals surface area contributed by atoms with Crippen LogP contribution in [0.4, 0.5) is 34.1 Å². The zero-order chi connectivity index (χ0) is 38.4. The fourth-order valence-corrected chi connectivity index (χ4v) is 8.70. The SMILES string of the molecule is c1ccc(N(c2ccccc2)c2ccc3c4cc5c6ccc(N(c7ccccc7)c7ccccc7)cc6n(-c6ccccc6)c5cc4n(-c4ccccc4)c3c2)cc1. The first-order valence-corrected chi connectivity index (χ1v) is 19.8. The second-order valence-corrected chi connectivity index (χ2v) is 14.6. The average molecular weight is 743 g/mol. The molecule has 0 aliphatic rings. The van der Waals surface area contributed by atoms with Crippen LogP contribution in [0.15, 0.2) is 231 Å². The van der Waals surface area contributed by atoms with Crippen molar-refractivity contribution in [3.63, 3.8) is 0 Å². The Morgan fingerprint density at radius 2 is 0.517 bits per heavy atom. The van der Waals surface area contributed by atoms with Crippen LogP contribution < -0.4 is 9.80 Å². The zero-order valence-electron chi connectivity index (χ0n) is 31.7. The summed E-state index contributed by atoms with van der Waals surface area (Å²) in [5, 5.41) is 4.86. The summed E-state index contributed by atoms with van der Waals surface area (Å²) in [6.45, 7) is 0. The van der Waals surface area contributed by atoms with Gasteiger partial charge in [0.15, 0.2) is 0 Å². The van der Waals surface area contributed by atoms with E-state index in [0.29, 0.717) is 0 Å². The van der Waals surface area contributed by atoms with Crippen LogP contribution in [0.25, 0.3) is 55.0 Å². The van der Waals surface area contributed by atoms with Gasteiger partial charge in [-0.1, -0.05) is 121 Å². The lowest BCUT2D eigenvalue weighted by Gasteiger charge is -2.25. The van der Waals surface area contributed by atoms with Gasteiger partial charge in [0.05, 0.1) is 22.1 Å². The van der Waals surface area contributed by atoms with Gasteiger partial charge in [0.25, 0.3) is 0 Å². The Morgan fingerprint density at radius 1 is 0.224 bits per heavy atom. The molecule has 0 spiro atoms. The molecule has 0 saturated heterocycles. The van der Waals surface area contributed by atoms with E-state index >= 15 is 0 Å². The van der Waals surface area contributed by atoms with E-state index < -0.39 is 0 Å². The molecule has 0 aliphatic carbocycles. The minimum atomic E-state index is 1.10. The summed E-state index contributed by atoms with van der Waals surface area (Å²) >= 11 is 0. The highest BCUT2D eigenvalue weighted by Gasteiger charge is 2.22. The maximum Gasteiger partial charge on any atom is 0.0562 e. The van der Waals surface area contributed by atoms with Gasteiger partial charge in [0.2, 0.25) is 0 Å². The maximum atomic E-state index is 2.44. The van der Waals surface area contributed by atoms with E-state index in [-0.39, 0.29) is 0 Å².